The van der Waals surface area contributed by atoms with Crippen LogP contribution in [0.3, 0.4) is 0 Å². The number of benzene rings is 1. The number of fused-ring (bicyclic) bond motifs is 1. The van der Waals surface area contributed by atoms with Gasteiger partial charge >= 0.3 is 0 Å². The number of primary amides is 1. The Hall–Kier alpha value is -2.74. The van der Waals surface area contributed by atoms with Crippen molar-refractivity contribution >= 4 is 28.5 Å². The molecule has 2 aromatic rings. The first-order valence-electron chi connectivity index (χ1n) is 10.7. The summed E-state index contributed by atoms with van der Waals surface area (Å²) in [5, 5.41) is 4.11. The van der Waals surface area contributed by atoms with Gasteiger partial charge in [-0.3, -0.25) is 14.5 Å². The Bertz CT molecular complexity index is 934. The van der Waals surface area contributed by atoms with E-state index in [-0.39, 0.29) is 11.8 Å². The number of carbonyl (C=O) groups is 2. The van der Waals surface area contributed by atoms with E-state index in [1.807, 2.05) is 43.0 Å². The van der Waals surface area contributed by atoms with E-state index < -0.39 is 11.9 Å². The van der Waals surface area contributed by atoms with E-state index in [1.54, 1.807) is 0 Å². The van der Waals surface area contributed by atoms with Crippen LogP contribution in [-0.2, 0) is 16.1 Å². The number of rotatable bonds is 7. The smallest absolute Gasteiger partial charge is 0.240 e. The molecule has 3 N–H and O–H groups in total. The van der Waals surface area contributed by atoms with Gasteiger partial charge in [0.25, 0.3) is 0 Å². The first-order valence-corrected chi connectivity index (χ1v) is 10.7. The van der Waals surface area contributed by atoms with Crippen LogP contribution in [0.1, 0.15) is 32.5 Å². The SMILES string of the molecule is CC(C)C(Nc1nc(CN2CCN(C(=O)C3CC3)CC2)nc2ccccc12)C(N)=O. The summed E-state index contributed by atoms with van der Waals surface area (Å²) in [6.45, 7) is 7.65. The lowest BCUT2D eigenvalue weighted by Crippen LogP contribution is -2.48. The standard InChI is InChI=1S/C22H30N6O2/c1-14(2)19(20(23)29)26-21-16-5-3-4-6-17(16)24-18(25-21)13-27-9-11-28(12-10-27)22(30)15-7-8-15/h3-6,14-15,19H,7-13H2,1-2H3,(H2,23,29)(H,24,25,26). The normalized spacial score (nSPS) is 18.6. The molecule has 1 atom stereocenters. The summed E-state index contributed by atoms with van der Waals surface area (Å²) in [5.41, 5.74) is 6.43. The second kappa shape index (κ2) is 8.55. The summed E-state index contributed by atoms with van der Waals surface area (Å²) in [7, 11) is 0. The molecule has 8 nitrogen and oxygen atoms in total. The second-order valence-electron chi connectivity index (χ2n) is 8.65. The monoisotopic (exact) mass is 410 g/mol. The maximum atomic E-state index is 12.3. The predicted octanol–water partition coefficient (Wildman–Crippen LogP) is 1.61. The van der Waals surface area contributed by atoms with Gasteiger partial charge < -0.3 is 16.0 Å². The van der Waals surface area contributed by atoms with E-state index in [9.17, 15) is 9.59 Å². The number of carbonyl (C=O) groups excluding carboxylic acids is 2. The Morgan fingerprint density at radius 2 is 1.83 bits per heavy atom. The van der Waals surface area contributed by atoms with Gasteiger partial charge in [0.05, 0.1) is 12.1 Å². The van der Waals surface area contributed by atoms with Crippen molar-refractivity contribution in [3.8, 4) is 0 Å². The predicted molar refractivity (Wildman–Crippen MR) is 116 cm³/mol. The molecule has 1 saturated heterocycles. The summed E-state index contributed by atoms with van der Waals surface area (Å²) in [6, 6.07) is 7.27. The maximum absolute atomic E-state index is 12.3. The van der Waals surface area contributed by atoms with Crippen LogP contribution in [0, 0.1) is 11.8 Å². The van der Waals surface area contributed by atoms with Crippen molar-refractivity contribution in [2.75, 3.05) is 31.5 Å². The summed E-state index contributed by atoms with van der Waals surface area (Å²) < 4.78 is 0. The Balaban J connectivity index is 1.50. The Morgan fingerprint density at radius 1 is 1.13 bits per heavy atom. The van der Waals surface area contributed by atoms with Crippen LogP contribution in [0.15, 0.2) is 24.3 Å². The van der Waals surface area contributed by atoms with Gasteiger partial charge in [0.2, 0.25) is 11.8 Å². The van der Waals surface area contributed by atoms with Crippen LogP contribution in [0.5, 0.6) is 0 Å². The summed E-state index contributed by atoms with van der Waals surface area (Å²) in [5.74, 6) is 1.56. The van der Waals surface area contributed by atoms with Crippen molar-refractivity contribution in [3.63, 3.8) is 0 Å². The molecule has 0 bridgehead atoms. The lowest BCUT2D eigenvalue weighted by Gasteiger charge is -2.34. The molecular weight excluding hydrogens is 380 g/mol. The molecule has 30 heavy (non-hydrogen) atoms. The maximum Gasteiger partial charge on any atom is 0.240 e. The number of amides is 2. The van der Waals surface area contributed by atoms with Crippen molar-refractivity contribution in [3.05, 3.63) is 30.1 Å². The van der Waals surface area contributed by atoms with E-state index >= 15 is 0 Å². The quantitative estimate of drug-likeness (QED) is 0.719. The summed E-state index contributed by atoms with van der Waals surface area (Å²) >= 11 is 0. The van der Waals surface area contributed by atoms with Gasteiger partial charge in [-0.25, -0.2) is 9.97 Å². The number of nitrogens with two attached hydrogens (primary N) is 1. The summed E-state index contributed by atoms with van der Waals surface area (Å²) in [6.07, 6.45) is 2.09. The van der Waals surface area contributed by atoms with Crippen molar-refractivity contribution in [1.82, 2.24) is 19.8 Å². The molecule has 0 spiro atoms. The Morgan fingerprint density at radius 3 is 2.47 bits per heavy atom. The molecule has 1 aromatic heterocycles. The van der Waals surface area contributed by atoms with Gasteiger partial charge in [0.15, 0.2) is 0 Å². The topological polar surface area (TPSA) is 104 Å². The number of hydrogen-bond donors (Lipinski definition) is 2. The van der Waals surface area contributed by atoms with Gasteiger partial charge in [0, 0.05) is 37.5 Å². The fraction of sp³-hybridized carbons (Fsp3) is 0.545. The molecule has 1 aromatic carbocycles. The fourth-order valence-electron chi connectivity index (χ4n) is 3.93. The molecule has 1 aliphatic heterocycles. The number of nitrogens with zero attached hydrogens (tertiary/aromatic N) is 4. The molecule has 2 heterocycles. The first-order chi connectivity index (χ1) is 14.4. The minimum atomic E-state index is -0.506. The molecule has 2 aliphatic rings. The molecule has 8 heteroatoms. The molecule has 2 amide bonds. The van der Waals surface area contributed by atoms with Crippen molar-refractivity contribution in [1.29, 1.82) is 0 Å². The Labute approximate surface area is 176 Å². The van der Waals surface area contributed by atoms with Crippen LogP contribution in [-0.4, -0.2) is 63.8 Å². The van der Waals surface area contributed by atoms with Crippen molar-refractivity contribution in [2.24, 2.45) is 17.6 Å². The van der Waals surface area contributed by atoms with Gasteiger partial charge in [0.1, 0.15) is 17.7 Å². The van der Waals surface area contributed by atoms with Gasteiger partial charge in [-0.15, -0.1) is 0 Å². The third-order valence-corrected chi connectivity index (χ3v) is 5.89. The molecule has 1 unspecified atom stereocenters. The van der Waals surface area contributed by atoms with Crippen LogP contribution >= 0.6 is 0 Å². The second-order valence-corrected chi connectivity index (χ2v) is 8.65. The average Bonchev–Trinajstić information content (AvgIpc) is 3.57. The van der Waals surface area contributed by atoms with Crippen LogP contribution in [0.25, 0.3) is 10.9 Å². The zero-order valence-electron chi connectivity index (χ0n) is 17.7. The molecule has 2 fully saturated rings. The zero-order chi connectivity index (χ0) is 21.3. The van der Waals surface area contributed by atoms with E-state index in [0.717, 1.165) is 49.9 Å². The van der Waals surface area contributed by atoms with Gasteiger partial charge in [-0.2, -0.15) is 0 Å². The van der Waals surface area contributed by atoms with Crippen LogP contribution < -0.4 is 11.1 Å². The number of piperazine rings is 1. The van der Waals surface area contributed by atoms with Gasteiger partial charge in [-0.05, 0) is 30.9 Å². The molecule has 160 valence electrons. The highest BCUT2D eigenvalue weighted by Crippen LogP contribution is 2.31. The van der Waals surface area contributed by atoms with Crippen LogP contribution in [0.4, 0.5) is 5.82 Å². The third kappa shape index (κ3) is 4.53. The highest BCUT2D eigenvalue weighted by Gasteiger charge is 2.34. The fourth-order valence-corrected chi connectivity index (χ4v) is 3.93. The number of anilines is 1. The molecule has 0 radical (unpaired) electrons. The van der Waals surface area contributed by atoms with Crippen molar-refractivity contribution < 1.29 is 9.59 Å². The van der Waals surface area contributed by atoms with Gasteiger partial charge in [-0.1, -0.05) is 26.0 Å². The zero-order valence-corrected chi connectivity index (χ0v) is 17.7. The van der Waals surface area contributed by atoms with Crippen LogP contribution in [0.2, 0.25) is 0 Å². The third-order valence-electron chi connectivity index (χ3n) is 5.89. The minimum Gasteiger partial charge on any atom is -0.368 e. The lowest BCUT2D eigenvalue weighted by atomic mass is 10.0. The molecule has 1 aliphatic carbocycles. The number of hydrogen-bond acceptors (Lipinski definition) is 6. The summed E-state index contributed by atoms with van der Waals surface area (Å²) in [4.78, 5) is 37.9. The first kappa shape index (κ1) is 20.5. The van der Waals surface area contributed by atoms with Crippen molar-refractivity contribution in [2.45, 2.75) is 39.3 Å². The molecule has 4 rings (SSSR count). The van der Waals surface area contributed by atoms with E-state index in [4.69, 9.17) is 15.7 Å². The largest absolute Gasteiger partial charge is 0.368 e. The van der Waals surface area contributed by atoms with E-state index in [2.05, 4.69) is 10.2 Å². The number of nitrogens with one attached hydrogen (secondary N) is 1. The number of para-hydroxylation sites is 1. The van der Waals surface area contributed by atoms with E-state index in [0.29, 0.717) is 24.1 Å². The minimum absolute atomic E-state index is 0.0387. The lowest BCUT2D eigenvalue weighted by molar-refractivity contribution is -0.134. The molecule has 1 saturated carbocycles. The highest BCUT2D eigenvalue weighted by molar-refractivity contribution is 5.92. The highest BCUT2D eigenvalue weighted by atomic mass is 16.2. The van der Waals surface area contributed by atoms with E-state index in [1.165, 1.54) is 0 Å². The average molecular weight is 411 g/mol. The number of aromatic nitrogens is 2. The Kier molecular flexibility index (Phi) is 5.85. The molecular formula is C22H30N6O2.